The van der Waals surface area contributed by atoms with E-state index in [4.69, 9.17) is 9.47 Å². The summed E-state index contributed by atoms with van der Waals surface area (Å²) in [6.07, 6.45) is 2.42. The van der Waals surface area contributed by atoms with Gasteiger partial charge in [0.15, 0.2) is 0 Å². The Morgan fingerprint density at radius 2 is 1.81 bits per heavy atom. The first kappa shape index (κ1) is 19.4. The molecule has 1 aromatic carbocycles. The summed E-state index contributed by atoms with van der Waals surface area (Å²) < 4.78 is 10.3. The Balaban J connectivity index is 1.88. The summed E-state index contributed by atoms with van der Waals surface area (Å²) in [5.74, 6) is -0.109. The fourth-order valence-electron chi connectivity index (χ4n) is 3.93. The van der Waals surface area contributed by atoms with E-state index in [2.05, 4.69) is 0 Å². The maximum Gasteiger partial charge on any atom is 0.410 e. The lowest BCUT2D eigenvalue weighted by Crippen LogP contribution is -2.53. The monoisotopic (exact) mass is 373 g/mol. The van der Waals surface area contributed by atoms with Crippen LogP contribution < -0.4 is 0 Å². The average molecular weight is 373 g/mol. The molecule has 0 N–H and O–H groups in total. The Morgan fingerprint density at radius 1 is 1.15 bits per heavy atom. The molecule has 1 amide bonds. The van der Waals surface area contributed by atoms with Gasteiger partial charge in [0.1, 0.15) is 11.4 Å². The van der Waals surface area contributed by atoms with Gasteiger partial charge in [-0.25, -0.2) is 9.59 Å². The Morgan fingerprint density at radius 3 is 2.30 bits per heavy atom. The number of nitrogens with zero attached hydrogens (tertiary/aromatic N) is 1. The summed E-state index contributed by atoms with van der Waals surface area (Å²) in [4.78, 5) is 38.4. The number of carbonyl (C=O) groups excluding carboxylic acids is 3. The number of ether oxygens (including phenoxy) is 2. The van der Waals surface area contributed by atoms with Gasteiger partial charge in [-0.2, -0.15) is 0 Å². The van der Waals surface area contributed by atoms with E-state index >= 15 is 0 Å². The van der Waals surface area contributed by atoms with Crippen LogP contribution in [-0.4, -0.2) is 42.0 Å². The number of methoxy groups -OCH3 is 1. The highest BCUT2D eigenvalue weighted by Gasteiger charge is 2.51. The van der Waals surface area contributed by atoms with Gasteiger partial charge in [0, 0.05) is 18.4 Å². The van der Waals surface area contributed by atoms with Crippen molar-refractivity contribution in [3.63, 3.8) is 0 Å². The summed E-state index contributed by atoms with van der Waals surface area (Å²) in [6.45, 7) is 6.01. The van der Waals surface area contributed by atoms with E-state index in [1.807, 2.05) is 32.9 Å². The lowest BCUT2D eigenvalue weighted by atomic mass is 9.60. The second-order valence-corrected chi connectivity index (χ2v) is 8.46. The van der Waals surface area contributed by atoms with Crippen LogP contribution in [0.25, 0.3) is 0 Å². The Bertz CT molecular complexity index is 749. The summed E-state index contributed by atoms with van der Waals surface area (Å²) in [5.41, 5.74) is 0.449. The van der Waals surface area contributed by atoms with Gasteiger partial charge in [-0.05, 0) is 57.7 Å². The molecule has 3 rings (SSSR count). The molecule has 1 aromatic rings. The smallest absolute Gasteiger partial charge is 0.410 e. The lowest BCUT2D eigenvalue weighted by Gasteiger charge is -2.50. The highest BCUT2D eigenvalue weighted by Crippen LogP contribution is 2.51. The van der Waals surface area contributed by atoms with Crippen molar-refractivity contribution in [2.75, 3.05) is 13.7 Å². The number of ketones is 1. The van der Waals surface area contributed by atoms with E-state index in [1.165, 1.54) is 7.11 Å². The van der Waals surface area contributed by atoms with Crippen molar-refractivity contribution < 1.29 is 23.9 Å². The number of hydrogen-bond acceptors (Lipinski definition) is 5. The highest BCUT2D eigenvalue weighted by atomic mass is 16.6. The minimum atomic E-state index is -0.586. The Labute approximate surface area is 159 Å². The van der Waals surface area contributed by atoms with Crippen LogP contribution >= 0.6 is 0 Å². The first-order valence-corrected chi connectivity index (χ1v) is 9.36. The summed E-state index contributed by atoms with van der Waals surface area (Å²) in [7, 11) is 1.34. The molecule has 2 fully saturated rings. The third kappa shape index (κ3) is 3.84. The first-order valence-electron chi connectivity index (χ1n) is 9.36. The van der Waals surface area contributed by atoms with E-state index in [-0.39, 0.29) is 17.6 Å². The first-order chi connectivity index (χ1) is 12.6. The second-order valence-electron chi connectivity index (χ2n) is 8.46. The van der Waals surface area contributed by atoms with Crippen LogP contribution in [0, 0.1) is 5.41 Å². The molecule has 1 saturated heterocycles. The van der Waals surface area contributed by atoms with E-state index in [0.717, 1.165) is 12.0 Å². The number of benzene rings is 1. The molecule has 6 nitrogen and oxygen atoms in total. The van der Waals surface area contributed by atoms with Crippen molar-refractivity contribution in [3.8, 4) is 0 Å². The van der Waals surface area contributed by atoms with Crippen LogP contribution in [0.3, 0.4) is 0 Å². The molecule has 6 heteroatoms. The topological polar surface area (TPSA) is 72.9 Å². The third-order valence-corrected chi connectivity index (χ3v) is 5.56. The van der Waals surface area contributed by atoms with Crippen molar-refractivity contribution in [2.45, 2.75) is 58.1 Å². The zero-order valence-corrected chi connectivity index (χ0v) is 16.4. The van der Waals surface area contributed by atoms with Crippen LogP contribution in [0.5, 0.6) is 0 Å². The van der Waals surface area contributed by atoms with Crippen molar-refractivity contribution >= 4 is 17.8 Å². The molecule has 1 heterocycles. The van der Waals surface area contributed by atoms with Gasteiger partial charge in [-0.15, -0.1) is 0 Å². The van der Waals surface area contributed by atoms with Gasteiger partial charge in [-0.1, -0.05) is 12.1 Å². The van der Waals surface area contributed by atoms with Crippen LogP contribution in [0.15, 0.2) is 24.3 Å². The largest absolute Gasteiger partial charge is 0.465 e. The van der Waals surface area contributed by atoms with Crippen LogP contribution in [-0.2, 0) is 14.3 Å². The molecule has 0 aromatic heterocycles. The molecule has 0 radical (unpaired) electrons. The number of carbonyl (C=O) groups is 3. The molecule has 0 bridgehead atoms. The van der Waals surface area contributed by atoms with E-state index in [0.29, 0.717) is 37.2 Å². The molecule has 146 valence electrons. The lowest BCUT2D eigenvalue weighted by molar-refractivity contribution is -0.144. The van der Waals surface area contributed by atoms with Gasteiger partial charge >= 0.3 is 12.1 Å². The Hall–Kier alpha value is -2.37. The van der Waals surface area contributed by atoms with E-state index in [1.54, 1.807) is 17.0 Å². The molecular formula is C21H27NO5. The van der Waals surface area contributed by atoms with Crippen molar-refractivity contribution in [1.29, 1.82) is 0 Å². The fraction of sp³-hybridized carbons (Fsp3) is 0.571. The normalized spacial score (nSPS) is 25.1. The molecule has 2 atom stereocenters. The van der Waals surface area contributed by atoms with Gasteiger partial charge in [0.05, 0.1) is 18.7 Å². The molecule has 1 aliphatic heterocycles. The summed E-state index contributed by atoms with van der Waals surface area (Å²) in [6, 6.07) is 6.80. The predicted octanol–water partition coefficient (Wildman–Crippen LogP) is 3.89. The third-order valence-electron chi connectivity index (χ3n) is 5.56. The molecule has 1 saturated carbocycles. The van der Waals surface area contributed by atoms with Crippen LogP contribution in [0.1, 0.15) is 68.4 Å². The van der Waals surface area contributed by atoms with E-state index in [9.17, 15) is 14.4 Å². The minimum Gasteiger partial charge on any atom is -0.465 e. The van der Waals surface area contributed by atoms with Crippen LogP contribution in [0.2, 0.25) is 0 Å². The molecule has 2 aliphatic rings. The number of rotatable bonds is 2. The van der Waals surface area contributed by atoms with Crippen molar-refractivity contribution in [1.82, 2.24) is 4.90 Å². The molecule has 1 unspecified atom stereocenters. The van der Waals surface area contributed by atoms with Gasteiger partial charge in [0.25, 0.3) is 0 Å². The summed E-state index contributed by atoms with van der Waals surface area (Å²) in [5, 5.41) is 0. The van der Waals surface area contributed by atoms with E-state index < -0.39 is 11.6 Å². The maximum absolute atomic E-state index is 12.8. The molecule has 27 heavy (non-hydrogen) atoms. The maximum atomic E-state index is 12.8. The number of piperidine rings is 1. The number of hydrogen-bond donors (Lipinski definition) is 0. The van der Waals surface area contributed by atoms with Crippen molar-refractivity contribution in [3.05, 3.63) is 35.4 Å². The number of esters is 1. The zero-order chi connectivity index (χ0) is 19.8. The number of likely N-dealkylation sites (tertiary alicyclic amines) is 1. The standard InChI is InChI=1S/C21H27NO5/c1-20(2,3)27-19(25)22-12-11-21(10-9-17(21)23)13-16(22)14-5-7-15(8-6-14)18(24)26-4/h5-8,16H,9-13H2,1-4H3/t16-,21?/m0/s1. The minimum absolute atomic E-state index is 0.246. The van der Waals surface area contributed by atoms with Crippen molar-refractivity contribution in [2.24, 2.45) is 5.41 Å². The second kappa shape index (κ2) is 6.98. The SMILES string of the molecule is COC(=O)c1ccc([C@@H]2CC3(CCC3=O)CCN2C(=O)OC(C)(C)C)cc1. The molecular weight excluding hydrogens is 346 g/mol. The molecule has 1 spiro atoms. The fourth-order valence-corrected chi connectivity index (χ4v) is 3.93. The van der Waals surface area contributed by atoms with Crippen LogP contribution in [0.4, 0.5) is 4.79 Å². The number of amides is 1. The average Bonchev–Trinajstić information content (AvgIpc) is 2.64. The number of Topliss-reactive ketones (excluding diaryl/α,β-unsaturated/α-hetero) is 1. The molecule has 1 aliphatic carbocycles. The summed E-state index contributed by atoms with van der Waals surface area (Å²) >= 11 is 0. The highest BCUT2D eigenvalue weighted by molar-refractivity contribution is 5.91. The van der Waals surface area contributed by atoms with Gasteiger partial charge in [-0.3, -0.25) is 4.79 Å². The quantitative estimate of drug-likeness (QED) is 0.735. The van der Waals surface area contributed by atoms with Gasteiger partial charge < -0.3 is 14.4 Å². The zero-order valence-electron chi connectivity index (χ0n) is 16.4. The van der Waals surface area contributed by atoms with Gasteiger partial charge in [0.2, 0.25) is 0 Å². The predicted molar refractivity (Wildman–Crippen MR) is 99.4 cm³/mol. The Kier molecular flexibility index (Phi) is 5.02.